The van der Waals surface area contributed by atoms with Gasteiger partial charge in [0.1, 0.15) is 0 Å². The van der Waals surface area contributed by atoms with E-state index in [9.17, 15) is 4.79 Å². The van der Waals surface area contributed by atoms with E-state index in [1.165, 1.54) is 5.56 Å². The molecule has 0 saturated heterocycles. The molecule has 1 heterocycles. The number of benzene rings is 1. The molecular formula is C18H21N3O2S2. The van der Waals surface area contributed by atoms with Crippen LogP contribution in [0.3, 0.4) is 0 Å². The molecule has 1 aliphatic rings. The molecule has 1 atom stereocenters. The number of aromatic nitrogens is 1. The number of hydrogen-bond donors (Lipinski definition) is 2. The second kappa shape index (κ2) is 8.40. The Balaban J connectivity index is 1.55. The molecule has 7 heteroatoms. The maximum atomic E-state index is 11.9. The molecule has 1 aliphatic carbocycles. The lowest BCUT2D eigenvalue weighted by Crippen LogP contribution is -2.27. The van der Waals surface area contributed by atoms with Gasteiger partial charge >= 0.3 is 5.97 Å². The summed E-state index contributed by atoms with van der Waals surface area (Å²) in [5.41, 5.74) is 2.24. The van der Waals surface area contributed by atoms with Crippen LogP contribution in [-0.2, 0) is 28.9 Å². The van der Waals surface area contributed by atoms with Crippen LogP contribution in [0.1, 0.15) is 29.5 Å². The van der Waals surface area contributed by atoms with Gasteiger partial charge in [0.2, 0.25) is 0 Å². The van der Waals surface area contributed by atoms with Crippen LogP contribution in [0, 0.1) is 5.92 Å². The number of anilines is 1. The molecule has 1 aromatic heterocycles. The van der Waals surface area contributed by atoms with E-state index in [4.69, 9.17) is 17.0 Å². The number of thiazole rings is 1. The van der Waals surface area contributed by atoms with E-state index in [-0.39, 0.29) is 11.9 Å². The van der Waals surface area contributed by atoms with E-state index in [0.29, 0.717) is 24.7 Å². The summed E-state index contributed by atoms with van der Waals surface area (Å²) in [5, 5.41) is 7.67. The van der Waals surface area contributed by atoms with Crippen molar-refractivity contribution >= 4 is 39.8 Å². The summed E-state index contributed by atoms with van der Waals surface area (Å²) < 4.78 is 5.14. The topological polar surface area (TPSA) is 63.2 Å². The molecule has 1 unspecified atom stereocenters. The first-order chi connectivity index (χ1) is 12.2. The van der Waals surface area contributed by atoms with Crippen molar-refractivity contribution in [1.82, 2.24) is 10.3 Å². The van der Waals surface area contributed by atoms with Gasteiger partial charge in [0.15, 0.2) is 10.2 Å². The smallest absolute Gasteiger partial charge is 0.309 e. The zero-order chi connectivity index (χ0) is 17.6. The fraction of sp³-hybridized carbons (Fsp3) is 0.389. The number of carbonyl (C=O) groups is 1. The van der Waals surface area contributed by atoms with Gasteiger partial charge in [-0.05, 0) is 44.0 Å². The quantitative estimate of drug-likeness (QED) is 0.618. The number of carbonyl (C=O) groups excluding carboxylic acids is 1. The summed E-state index contributed by atoms with van der Waals surface area (Å²) in [6.07, 6.45) is 2.31. The molecule has 0 radical (unpaired) electrons. The second-order valence-electron chi connectivity index (χ2n) is 5.87. The third-order valence-corrected chi connectivity index (χ3v) is 5.36. The number of hydrogen-bond acceptors (Lipinski definition) is 5. The predicted molar refractivity (Wildman–Crippen MR) is 104 cm³/mol. The van der Waals surface area contributed by atoms with Crippen LogP contribution in [0.4, 0.5) is 5.13 Å². The highest BCUT2D eigenvalue weighted by molar-refractivity contribution is 7.80. The number of aryl methyl sites for hydroxylation is 1. The van der Waals surface area contributed by atoms with Gasteiger partial charge in [-0.2, -0.15) is 0 Å². The van der Waals surface area contributed by atoms with E-state index in [1.807, 2.05) is 37.3 Å². The van der Waals surface area contributed by atoms with Gasteiger partial charge in [0.05, 0.1) is 18.2 Å². The molecular weight excluding hydrogens is 354 g/mol. The number of thiocarbonyl (C=S) groups is 1. The standard InChI is InChI=1S/C18H21N3O2S2/c1-2-23-16(22)13-8-9-14-15(10-13)25-18(20-14)21-17(24)19-11-12-6-4-3-5-7-12/h3-7,13H,2,8-11H2,1H3,(H2,19,20,21,24). The van der Waals surface area contributed by atoms with Crippen molar-refractivity contribution in [3.05, 3.63) is 46.5 Å². The molecule has 0 spiro atoms. The second-order valence-corrected chi connectivity index (χ2v) is 7.37. The molecule has 132 valence electrons. The van der Waals surface area contributed by atoms with Crippen LogP contribution in [-0.4, -0.2) is 22.7 Å². The monoisotopic (exact) mass is 375 g/mol. The van der Waals surface area contributed by atoms with Crippen molar-refractivity contribution in [3.63, 3.8) is 0 Å². The van der Waals surface area contributed by atoms with Crippen LogP contribution < -0.4 is 10.6 Å². The van der Waals surface area contributed by atoms with Crippen molar-refractivity contribution in [3.8, 4) is 0 Å². The first-order valence-corrected chi connectivity index (χ1v) is 9.62. The highest BCUT2D eigenvalue weighted by Crippen LogP contribution is 2.32. The molecule has 0 bridgehead atoms. The van der Waals surface area contributed by atoms with Crippen molar-refractivity contribution in [2.45, 2.75) is 32.7 Å². The maximum Gasteiger partial charge on any atom is 0.309 e. The number of esters is 1. The molecule has 25 heavy (non-hydrogen) atoms. The summed E-state index contributed by atoms with van der Waals surface area (Å²) in [6.45, 7) is 2.94. The van der Waals surface area contributed by atoms with Gasteiger partial charge in [-0.3, -0.25) is 4.79 Å². The minimum atomic E-state index is -0.101. The molecule has 1 aromatic carbocycles. The fourth-order valence-corrected chi connectivity index (χ4v) is 4.14. The van der Waals surface area contributed by atoms with E-state index in [2.05, 4.69) is 15.6 Å². The van der Waals surface area contributed by atoms with Gasteiger partial charge in [0.25, 0.3) is 0 Å². The Morgan fingerprint density at radius 3 is 2.96 bits per heavy atom. The summed E-state index contributed by atoms with van der Waals surface area (Å²) in [6, 6.07) is 10.1. The van der Waals surface area contributed by atoms with Crippen molar-refractivity contribution in [2.75, 3.05) is 11.9 Å². The summed E-state index contributed by atoms with van der Waals surface area (Å²) in [5.74, 6) is -0.153. The normalized spacial score (nSPS) is 16.0. The third-order valence-electron chi connectivity index (χ3n) is 4.08. The SMILES string of the molecule is CCOC(=O)C1CCc2nc(NC(=S)NCc3ccccc3)sc2C1. The van der Waals surface area contributed by atoms with Gasteiger partial charge in [-0.15, -0.1) is 11.3 Å². The van der Waals surface area contributed by atoms with Crippen LogP contribution in [0.2, 0.25) is 0 Å². The van der Waals surface area contributed by atoms with Crippen molar-refractivity contribution in [2.24, 2.45) is 5.92 Å². The number of fused-ring (bicyclic) bond motifs is 1. The third kappa shape index (κ3) is 4.76. The molecule has 0 aliphatic heterocycles. The number of nitrogens with one attached hydrogen (secondary N) is 2. The lowest BCUT2D eigenvalue weighted by Gasteiger charge is -2.18. The number of ether oxygens (including phenoxy) is 1. The minimum absolute atomic E-state index is 0.0519. The number of rotatable bonds is 5. The first kappa shape index (κ1) is 17.8. The molecule has 5 nitrogen and oxygen atoms in total. The van der Waals surface area contributed by atoms with Gasteiger partial charge in [0, 0.05) is 11.4 Å². The minimum Gasteiger partial charge on any atom is -0.466 e. The first-order valence-electron chi connectivity index (χ1n) is 8.39. The summed E-state index contributed by atoms with van der Waals surface area (Å²) in [7, 11) is 0. The highest BCUT2D eigenvalue weighted by Gasteiger charge is 2.28. The summed E-state index contributed by atoms with van der Waals surface area (Å²) in [4.78, 5) is 17.7. The molecule has 3 rings (SSSR count). The van der Waals surface area contributed by atoms with E-state index >= 15 is 0 Å². The molecule has 0 fully saturated rings. The molecule has 0 amide bonds. The Hall–Kier alpha value is -1.99. The molecule has 2 aromatic rings. The largest absolute Gasteiger partial charge is 0.466 e. The van der Waals surface area contributed by atoms with Crippen LogP contribution in [0.15, 0.2) is 30.3 Å². The average molecular weight is 376 g/mol. The van der Waals surface area contributed by atoms with E-state index < -0.39 is 0 Å². The Bertz CT molecular complexity index is 746. The number of nitrogens with zero attached hydrogens (tertiary/aromatic N) is 1. The van der Waals surface area contributed by atoms with Gasteiger partial charge in [-0.25, -0.2) is 4.98 Å². The molecule has 0 saturated carbocycles. The Morgan fingerprint density at radius 2 is 2.20 bits per heavy atom. The van der Waals surface area contributed by atoms with Crippen molar-refractivity contribution in [1.29, 1.82) is 0 Å². The van der Waals surface area contributed by atoms with Gasteiger partial charge < -0.3 is 15.4 Å². The lowest BCUT2D eigenvalue weighted by atomic mass is 9.91. The van der Waals surface area contributed by atoms with E-state index in [1.54, 1.807) is 11.3 Å². The zero-order valence-electron chi connectivity index (χ0n) is 14.1. The van der Waals surface area contributed by atoms with Crippen LogP contribution in [0.5, 0.6) is 0 Å². The van der Waals surface area contributed by atoms with Crippen LogP contribution >= 0.6 is 23.6 Å². The van der Waals surface area contributed by atoms with E-state index in [0.717, 1.165) is 28.5 Å². The van der Waals surface area contributed by atoms with Gasteiger partial charge in [-0.1, -0.05) is 30.3 Å². The predicted octanol–water partition coefficient (Wildman–Crippen LogP) is 3.30. The lowest BCUT2D eigenvalue weighted by molar-refractivity contribution is -0.148. The summed E-state index contributed by atoms with van der Waals surface area (Å²) >= 11 is 6.91. The Kier molecular flexibility index (Phi) is 5.99. The molecule has 2 N–H and O–H groups in total. The fourth-order valence-electron chi connectivity index (χ4n) is 2.81. The van der Waals surface area contributed by atoms with Crippen molar-refractivity contribution < 1.29 is 9.53 Å². The maximum absolute atomic E-state index is 11.9. The Labute approximate surface area is 156 Å². The average Bonchev–Trinajstić information content (AvgIpc) is 3.02. The Morgan fingerprint density at radius 1 is 1.40 bits per heavy atom. The highest BCUT2D eigenvalue weighted by atomic mass is 32.1. The zero-order valence-corrected chi connectivity index (χ0v) is 15.7. The van der Waals surface area contributed by atoms with Crippen LogP contribution in [0.25, 0.3) is 0 Å².